The van der Waals surface area contributed by atoms with Crippen LogP contribution in [0.2, 0.25) is 0 Å². The van der Waals surface area contributed by atoms with E-state index >= 15 is 0 Å². The molecule has 0 radical (unpaired) electrons. The van der Waals surface area contributed by atoms with E-state index in [0.717, 1.165) is 19.5 Å². The van der Waals surface area contributed by atoms with Gasteiger partial charge in [-0.3, -0.25) is 14.9 Å². The maximum atomic E-state index is 11.4. The van der Waals surface area contributed by atoms with Gasteiger partial charge in [0.1, 0.15) is 0 Å². The zero-order chi connectivity index (χ0) is 10.1. The summed E-state index contributed by atoms with van der Waals surface area (Å²) in [5.74, 6) is -0.423. The fourth-order valence-corrected chi connectivity index (χ4v) is 2.29. The van der Waals surface area contributed by atoms with Crippen LogP contribution in [0.25, 0.3) is 0 Å². The van der Waals surface area contributed by atoms with Crippen LogP contribution < -0.4 is 11.1 Å². The van der Waals surface area contributed by atoms with Crippen molar-refractivity contribution in [1.29, 1.82) is 0 Å². The average Bonchev–Trinajstić information content (AvgIpc) is 2.43. The molecule has 2 atom stereocenters. The third kappa shape index (κ3) is 1.53. The molecular formula is C9H15N3O2. The lowest BCUT2D eigenvalue weighted by molar-refractivity contribution is -0.126. The van der Waals surface area contributed by atoms with Gasteiger partial charge < -0.3 is 10.6 Å². The fraction of sp³-hybridized carbons (Fsp3) is 0.778. The maximum absolute atomic E-state index is 11.4. The largest absolute Gasteiger partial charge is 0.329 e. The highest BCUT2D eigenvalue weighted by Crippen LogP contribution is 2.27. The van der Waals surface area contributed by atoms with Crippen LogP contribution in [0.15, 0.2) is 0 Å². The van der Waals surface area contributed by atoms with Crippen molar-refractivity contribution in [2.24, 2.45) is 17.6 Å². The molecule has 0 aromatic carbocycles. The van der Waals surface area contributed by atoms with Crippen molar-refractivity contribution in [3.63, 3.8) is 0 Å². The number of piperidine rings is 1. The van der Waals surface area contributed by atoms with Crippen LogP contribution in [-0.2, 0) is 9.59 Å². The molecule has 0 aromatic heterocycles. The van der Waals surface area contributed by atoms with Crippen LogP contribution in [0.3, 0.4) is 0 Å². The van der Waals surface area contributed by atoms with Gasteiger partial charge in [-0.25, -0.2) is 0 Å². The number of likely N-dealkylation sites (tertiary alicyclic amines) is 1. The molecule has 0 aliphatic carbocycles. The molecule has 2 amide bonds. The Morgan fingerprint density at radius 2 is 2.07 bits per heavy atom. The fourth-order valence-electron chi connectivity index (χ4n) is 2.29. The number of rotatable bonds is 2. The van der Waals surface area contributed by atoms with Gasteiger partial charge in [0.05, 0.1) is 11.8 Å². The monoisotopic (exact) mass is 197 g/mol. The predicted octanol–water partition coefficient (Wildman–Crippen LogP) is -1.46. The second-order valence-electron chi connectivity index (χ2n) is 3.94. The van der Waals surface area contributed by atoms with Gasteiger partial charge in [-0.05, 0) is 13.0 Å². The summed E-state index contributed by atoms with van der Waals surface area (Å²) >= 11 is 0. The number of hydrogen-bond donors (Lipinski definition) is 2. The first kappa shape index (κ1) is 9.61. The molecule has 5 nitrogen and oxygen atoms in total. The highest BCUT2D eigenvalue weighted by molar-refractivity contribution is 6.05. The van der Waals surface area contributed by atoms with Crippen molar-refractivity contribution in [2.45, 2.75) is 6.42 Å². The Hall–Kier alpha value is -0.940. The molecule has 0 unspecified atom stereocenters. The summed E-state index contributed by atoms with van der Waals surface area (Å²) in [6.45, 7) is 2.97. The summed E-state index contributed by atoms with van der Waals surface area (Å²) in [6, 6.07) is 0. The number of carbonyl (C=O) groups is 2. The Morgan fingerprint density at radius 3 is 2.79 bits per heavy atom. The molecule has 14 heavy (non-hydrogen) atoms. The summed E-state index contributed by atoms with van der Waals surface area (Å²) < 4.78 is 0. The molecule has 0 aromatic rings. The van der Waals surface area contributed by atoms with E-state index < -0.39 is 0 Å². The first-order valence-corrected chi connectivity index (χ1v) is 4.99. The number of imide groups is 1. The van der Waals surface area contributed by atoms with Gasteiger partial charge in [-0.1, -0.05) is 0 Å². The second-order valence-corrected chi connectivity index (χ2v) is 3.94. The maximum Gasteiger partial charge on any atom is 0.231 e. The SMILES string of the molecule is NCCN1CC[C@H]2C(=O)NC(=O)[C@@H]2C1. The lowest BCUT2D eigenvalue weighted by atomic mass is 9.88. The van der Waals surface area contributed by atoms with Crippen LogP contribution in [0.1, 0.15) is 6.42 Å². The predicted molar refractivity (Wildman–Crippen MR) is 50.2 cm³/mol. The summed E-state index contributed by atoms with van der Waals surface area (Å²) in [5, 5.41) is 2.39. The lowest BCUT2D eigenvalue weighted by Crippen LogP contribution is -2.43. The van der Waals surface area contributed by atoms with Crippen molar-refractivity contribution in [3.05, 3.63) is 0 Å². The molecule has 5 heteroatoms. The lowest BCUT2D eigenvalue weighted by Gasteiger charge is -2.31. The molecule has 0 spiro atoms. The van der Waals surface area contributed by atoms with E-state index in [1.165, 1.54) is 0 Å². The number of amides is 2. The Labute approximate surface area is 82.6 Å². The summed E-state index contributed by atoms with van der Waals surface area (Å²) in [7, 11) is 0. The van der Waals surface area contributed by atoms with Crippen molar-refractivity contribution in [1.82, 2.24) is 10.2 Å². The molecule has 2 aliphatic heterocycles. The highest BCUT2D eigenvalue weighted by atomic mass is 16.2. The van der Waals surface area contributed by atoms with Crippen molar-refractivity contribution in [2.75, 3.05) is 26.2 Å². The molecule has 0 bridgehead atoms. The number of nitrogens with zero attached hydrogens (tertiary/aromatic N) is 1. The molecule has 2 fully saturated rings. The van der Waals surface area contributed by atoms with Crippen LogP contribution in [0.4, 0.5) is 0 Å². The minimum absolute atomic E-state index is 0.0866. The standard InChI is InChI=1S/C9H15N3O2/c10-2-4-12-3-1-6-7(5-12)9(14)11-8(6)13/h6-7H,1-5,10H2,(H,11,13,14)/t6-,7-/m1/s1. The summed E-state index contributed by atoms with van der Waals surface area (Å²) in [4.78, 5) is 24.8. The Morgan fingerprint density at radius 1 is 1.36 bits per heavy atom. The van der Waals surface area contributed by atoms with Crippen LogP contribution in [0, 0.1) is 11.8 Å². The Kier molecular flexibility index (Phi) is 2.52. The number of carbonyl (C=O) groups excluding carboxylic acids is 2. The first-order valence-electron chi connectivity index (χ1n) is 4.99. The quantitative estimate of drug-likeness (QED) is 0.530. The number of fused-ring (bicyclic) bond motifs is 1. The average molecular weight is 197 g/mol. The van der Waals surface area contributed by atoms with Crippen LogP contribution in [0.5, 0.6) is 0 Å². The summed E-state index contributed by atoms with van der Waals surface area (Å²) in [6.07, 6.45) is 0.780. The van der Waals surface area contributed by atoms with E-state index in [1.807, 2.05) is 0 Å². The minimum Gasteiger partial charge on any atom is -0.329 e. The van der Waals surface area contributed by atoms with Gasteiger partial charge in [0, 0.05) is 19.6 Å². The Bertz CT molecular complexity index is 267. The van der Waals surface area contributed by atoms with E-state index in [9.17, 15) is 9.59 Å². The first-order chi connectivity index (χ1) is 6.72. The Balaban J connectivity index is 2.02. The van der Waals surface area contributed by atoms with E-state index in [1.54, 1.807) is 0 Å². The van der Waals surface area contributed by atoms with Gasteiger partial charge in [-0.2, -0.15) is 0 Å². The molecule has 3 N–H and O–H groups in total. The zero-order valence-electron chi connectivity index (χ0n) is 8.03. The number of nitrogens with one attached hydrogen (secondary N) is 1. The topological polar surface area (TPSA) is 75.4 Å². The van der Waals surface area contributed by atoms with Crippen LogP contribution in [-0.4, -0.2) is 42.9 Å². The molecule has 2 aliphatic rings. The second kappa shape index (κ2) is 3.67. The van der Waals surface area contributed by atoms with Gasteiger partial charge in [0.25, 0.3) is 0 Å². The van der Waals surface area contributed by atoms with E-state index in [2.05, 4.69) is 10.2 Å². The van der Waals surface area contributed by atoms with Gasteiger partial charge in [0.15, 0.2) is 0 Å². The molecule has 0 saturated carbocycles. The van der Waals surface area contributed by atoms with Crippen molar-refractivity contribution >= 4 is 11.8 Å². The van der Waals surface area contributed by atoms with E-state index in [-0.39, 0.29) is 23.7 Å². The normalized spacial score (nSPS) is 32.9. The summed E-state index contributed by atoms with van der Waals surface area (Å²) in [5.41, 5.74) is 5.45. The van der Waals surface area contributed by atoms with E-state index in [4.69, 9.17) is 5.73 Å². The third-order valence-electron chi connectivity index (χ3n) is 3.06. The smallest absolute Gasteiger partial charge is 0.231 e. The molecule has 2 heterocycles. The number of nitrogens with two attached hydrogens (primary N) is 1. The molecule has 2 saturated heterocycles. The highest BCUT2D eigenvalue weighted by Gasteiger charge is 2.44. The molecule has 78 valence electrons. The van der Waals surface area contributed by atoms with Crippen LogP contribution >= 0.6 is 0 Å². The van der Waals surface area contributed by atoms with Crippen molar-refractivity contribution < 1.29 is 9.59 Å². The zero-order valence-corrected chi connectivity index (χ0v) is 8.03. The molecule has 2 rings (SSSR count). The van der Waals surface area contributed by atoms with Gasteiger partial charge in [-0.15, -0.1) is 0 Å². The number of hydrogen-bond acceptors (Lipinski definition) is 4. The van der Waals surface area contributed by atoms with E-state index in [0.29, 0.717) is 13.1 Å². The van der Waals surface area contributed by atoms with Crippen molar-refractivity contribution in [3.8, 4) is 0 Å². The van der Waals surface area contributed by atoms with Gasteiger partial charge in [0.2, 0.25) is 11.8 Å². The minimum atomic E-state index is -0.136. The third-order valence-corrected chi connectivity index (χ3v) is 3.06. The molecular weight excluding hydrogens is 182 g/mol. The van der Waals surface area contributed by atoms with Gasteiger partial charge >= 0.3 is 0 Å².